The molecule has 128 valence electrons. The van der Waals surface area contributed by atoms with E-state index in [4.69, 9.17) is 11.6 Å². The van der Waals surface area contributed by atoms with Gasteiger partial charge in [-0.25, -0.2) is 8.42 Å². The van der Waals surface area contributed by atoms with Crippen LogP contribution in [0.2, 0.25) is 5.02 Å². The third-order valence-corrected chi connectivity index (χ3v) is 5.60. The molecule has 0 saturated carbocycles. The topological polar surface area (TPSA) is 80.5 Å². The maximum absolute atomic E-state index is 13.0. The summed E-state index contributed by atoms with van der Waals surface area (Å²) in [6.45, 7) is 2.25. The molecule has 0 N–H and O–H groups in total. The zero-order valence-corrected chi connectivity index (χ0v) is 14.6. The molecule has 0 aromatic heterocycles. The number of halogens is 1. The molecule has 8 heteroatoms. The van der Waals surface area contributed by atoms with E-state index in [-0.39, 0.29) is 9.92 Å². The van der Waals surface area contributed by atoms with E-state index in [0.717, 1.165) is 12.5 Å². The fourth-order valence-corrected chi connectivity index (χ4v) is 3.91. The number of sulfonamides is 1. The Kier molecular flexibility index (Phi) is 5.80. The van der Waals surface area contributed by atoms with Crippen LogP contribution in [0.3, 0.4) is 0 Å². The van der Waals surface area contributed by atoms with Crippen molar-refractivity contribution in [2.24, 2.45) is 0 Å². The summed E-state index contributed by atoms with van der Waals surface area (Å²) >= 11 is 5.77. The Morgan fingerprint density at radius 1 is 1.17 bits per heavy atom. The second kappa shape index (κ2) is 7.63. The summed E-state index contributed by atoms with van der Waals surface area (Å²) in [6, 6.07) is 12.2. The van der Waals surface area contributed by atoms with Crippen LogP contribution in [0.5, 0.6) is 0 Å². The summed E-state index contributed by atoms with van der Waals surface area (Å²) in [7, 11) is -3.93. The van der Waals surface area contributed by atoms with Gasteiger partial charge in [-0.2, -0.15) is 0 Å². The lowest BCUT2D eigenvalue weighted by Crippen LogP contribution is -2.32. The summed E-state index contributed by atoms with van der Waals surface area (Å²) in [5, 5.41) is 10.9. The largest absolute Gasteiger partial charge is 0.289 e. The third kappa shape index (κ3) is 3.85. The molecule has 0 spiro atoms. The quantitative estimate of drug-likeness (QED) is 0.540. The Hall–Kier alpha value is -2.12. The Labute approximate surface area is 145 Å². The summed E-state index contributed by atoms with van der Waals surface area (Å²) in [5.74, 6) is 0. The minimum atomic E-state index is -3.93. The van der Waals surface area contributed by atoms with Crippen molar-refractivity contribution < 1.29 is 13.3 Å². The summed E-state index contributed by atoms with van der Waals surface area (Å²) < 4.78 is 27.2. The van der Waals surface area contributed by atoms with Crippen molar-refractivity contribution in [2.75, 3.05) is 10.8 Å². The highest BCUT2D eigenvalue weighted by Gasteiger charge is 2.27. The smallest absolute Gasteiger partial charge is 0.266 e. The first-order valence-electron chi connectivity index (χ1n) is 7.39. The van der Waals surface area contributed by atoms with E-state index in [1.807, 2.05) is 6.92 Å². The Morgan fingerprint density at radius 3 is 2.42 bits per heavy atom. The molecule has 2 aromatic carbocycles. The summed E-state index contributed by atoms with van der Waals surface area (Å²) in [6.07, 6.45) is 1.49. The minimum absolute atomic E-state index is 0.0984. The van der Waals surface area contributed by atoms with Gasteiger partial charge in [-0.3, -0.25) is 14.4 Å². The number of anilines is 1. The molecule has 0 atom stereocenters. The van der Waals surface area contributed by atoms with Crippen molar-refractivity contribution in [3.63, 3.8) is 0 Å². The maximum Gasteiger partial charge on any atom is 0.289 e. The molecule has 24 heavy (non-hydrogen) atoms. The van der Waals surface area contributed by atoms with Gasteiger partial charge in [0.2, 0.25) is 0 Å². The lowest BCUT2D eigenvalue weighted by atomic mass is 10.3. The number of hydrogen-bond acceptors (Lipinski definition) is 4. The van der Waals surface area contributed by atoms with Crippen molar-refractivity contribution >= 4 is 33.0 Å². The van der Waals surface area contributed by atoms with Crippen LogP contribution >= 0.6 is 11.6 Å². The van der Waals surface area contributed by atoms with Crippen LogP contribution in [0.25, 0.3) is 0 Å². The highest BCUT2D eigenvalue weighted by molar-refractivity contribution is 7.92. The molecular formula is C16H17ClN2O4S. The van der Waals surface area contributed by atoms with Gasteiger partial charge in [0.05, 0.1) is 15.5 Å². The highest BCUT2D eigenvalue weighted by Crippen LogP contribution is 2.30. The fourth-order valence-electron chi connectivity index (χ4n) is 2.20. The molecule has 0 amide bonds. The SMILES string of the molecule is CCCCN(c1ccccc1)S(=O)(=O)c1ccc(Cl)c([N+](=O)[O-])c1. The number of rotatable bonds is 7. The molecule has 0 radical (unpaired) electrons. The number of nitro benzene ring substituents is 1. The molecule has 0 heterocycles. The predicted octanol–water partition coefficient (Wildman–Crippen LogP) is 4.24. The minimum Gasteiger partial charge on any atom is -0.266 e. The van der Waals surface area contributed by atoms with Gasteiger partial charge in [-0.05, 0) is 30.7 Å². The van der Waals surface area contributed by atoms with E-state index < -0.39 is 20.6 Å². The maximum atomic E-state index is 13.0. The highest BCUT2D eigenvalue weighted by atomic mass is 35.5. The van der Waals surface area contributed by atoms with Crippen LogP contribution < -0.4 is 4.31 Å². The molecule has 0 fully saturated rings. The monoisotopic (exact) mass is 368 g/mol. The number of nitro groups is 1. The van der Waals surface area contributed by atoms with Gasteiger partial charge >= 0.3 is 0 Å². The first-order valence-corrected chi connectivity index (χ1v) is 9.21. The lowest BCUT2D eigenvalue weighted by Gasteiger charge is -2.24. The van der Waals surface area contributed by atoms with Gasteiger partial charge in [0.15, 0.2) is 0 Å². The van der Waals surface area contributed by atoms with E-state index in [2.05, 4.69) is 0 Å². The van der Waals surface area contributed by atoms with E-state index in [1.165, 1.54) is 16.4 Å². The Balaban J connectivity index is 2.52. The molecule has 0 aliphatic heterocycles. The Morgan fingerprint density at radius 2 is 1.83 bits per heavy atom. The van der Waals surface area contributed by atoms with E-state index in [0.29, 0.717) is 18.7 Å². The van der Waals surface area contributed by atoms with Crippen LogP contribution in [0.4, 0.5) is 11.4 Å². The molecule has 0 saturated heterocycles. The number of hydrogen-bond donors (Lipinski definition) is 0. The van der Waals surface area contributed by atoms with Crippen molar-refractivity contribution in [2.45, 2.75) is 24.7 Å². The van der Waals surface area contributed by atoms with Crippen molar-refractivity contribution in [3.05, 3.63) is 63.7 Å². The number of benzene rings is 2. The zero-order chi connectivity index (χ0) is 17.7. The van der Waals surface area contributed by atoms with Crippen LogP contribution in [-0.4, -0.2) is 19.9 Å². The first-order chi connectivity index (χ1) is 11.4. The molecule has 0 unspecified atom stereocenters. The van der Waals surface area contributed by atoms with Gasteiger partial charge < -0.3 is 0 Å². The van der Waals surface area contributed by atoms with E-state index in [9.17, 15) is 18.5 Å². The number of unbranched alkanes of at least 4 members (excludes halogenated alkanes) is 1. The van der Waals surface area contributed by atoms with E-state index >= 15 is 0 Å². The van der Waals surface area contributed by atoms with Gasteiger partial charge in [-0.15, -0.1) is 0 Å². The summed E-state index contributed by atoms with van der Waals surface area (Å²) in [4.78, 5) is 10.2. The average molecular weight is 369 g/mol. The second-order valence-electron chi connectivity index (χ2n) is 5.14. The van der Waals surface area contributed by atoms with Crippen molar-refractivity contribution in [1.29, 1.82) is 0 Å². The van der Waals surface area contributed by atoms with Crippen molar-refractivity contribution in [3.8, 4) is 0 Å². The van der Waals surface area contributed by atoms with Crippen molar-refractivity contribution in [1.82, 2.24) is 0 Å². The molecular weight excluding hydrogens is 352 g/mol. The first kappa shape index (κ1) is 18.2. The molecule has 0 aliphatic carbocycles. The van der Waals surface area contributed by atoms with Crippen LogP contribution in [0.1, 0.15) is 19.8 Å². The number of nitrogens with zero attached hydrogens (tertiary/aromatic N) is 2. The number of para-hydroxylation sites is 1. The zero-order valence-electron chi connectivity index (χ0n) is 13.1. The average Bonchev–Trinajstić information content (AvgIpc) is 2.56. The van der Waals surface area contributed by atoms with E-state index in [1.54, 1.807) is 30.3 Å². The van der Waals surface area contributed by atoms with Gasteiger partial charge in [0, 0.05) is 12.6 Å². The normalized spacial score (nSPS) is 11.2. The molecule has 6 nitrogen and oxygen atoms in total. The van der Waals surface area contributed by atoms with Crippen LogP contribution in [0, 0.1) is 10.1 Å². The molecule has 0 aliphatic rings. The van der Waals surface area contributed by atoms with Gasteiger partial charge in [0.25, 0.3) is 15.7 Å². The molecule has 0 bridgehead atoms. The molecule has 2 aromatic rings. The fraction of sp³-hybridized carbons (Fsp3) is 0.250. The standard InChI is InChI=1S/C16H17ClN2O4S/c1-2-3-11-18(13-7-5-4-6-8-13)24(22,23)14-9-10-15(17)16(12-14)19(20)21/h4-10,12H,2-3,11H2,1H3. The lowest BCUT2D eigenvalue weighted by molar-refractivity contribution is -0.384. The third-order valence-electron chi connectivity index (χ3n) is 3.46. The summed E-state index contributed by atoms with van der Waals surface area (Å²) in [5.41, 5.74) is 0.0878. The van der Waals surface area contributed by atoms with Crippen LogP contribution in [-0.2, 0) is 10.0 Å². The predicted molar refractivity (Wildman–Crippen MR) is 94.0 cm³/mol. The Bertz CT molecular complexity index is 825. The van der Waals surface area contributed by atoms with Gasteiger partial charge in [-0.1, -0.05) is 43.1 Å². The second-order valence-corrected chi connectivity index (χ2v) is 7.41. The van der Waals surface area contributed by atoms with Gasteiger partial charge in [0.1, 0.15) is 5.02 Å². The molecule has 2 rings (SSSR count). The van der Waals surface area contributed by atoms with Crippen LogP contribution in [0.15, 0.2) is 53.4 Å².